The van der Waals surface area contributed by atoms with Crippen LogP contribution in [0.4, 0.5) is 0 Å². The fourth-order valence-corrected chi connectivity index (χ4v) is 2.84. The molecule has 0 aliphatic heterocycles. The molecule has 0 atom stereocenters. The average molecular weight is 326 g/mol. The highest BCUT2D eigenvalue weighted by Gasteiger charge is 2.27. The quantitative estimate of drug-likeness (QED) is 0.874. The zero-order valence-electron chi connectivity index (χ0n) is 13.8. The Morgan fingerprint density at radius 2 is 1.62 bits per heavy atom. The van der Waals surface area contributed by atoms with E-state index in [1.807, 2.05) is 12.1 Å². The van der Waals surface area contributed by atoms with Crippen LogP contribution in [0.1, 0.15) is 21.5 Å². The van der Waals surface area contributed by atoms with Gasteiger partial charge in [0.15, 0.2) is 28.8 Å². The van der Waals surface area contributed by atoms with Gasteiger partial charge in [0.05, 0.1) is 21.3 Å². The number of phenolic OH excluding ortho intramolecular Hbond substituents is 1. The smallest absolute Gasteiger partial charge is 0.189 e. The van der Waals surface area contributed by atoms with Crippen molar-refractivity contribution in [3.05, 3.63) is 52.6 Å². The average Bonchev–Trinajstić information content (AvgIpc) is 2.90. The third-order valence-corrected chi connectivity index (χ3v) is 4.07. The number of allylic oxidation sites excluding steroid dienone is 1. The second-order valence-electron chi connectivity index (χ2n) is 5.47. The lowest BCUT2D eigenvalue weighted by molar-refractivity contribution is 0.104. The number of ether oxygens (including phenoxy) is 3. The van der Waals surface area contributed by atoms with Gasteiger partial charge in [-0.25, -0.2) is 0 Å². The molecular formula is C19H18O5. The molecule has 1 aliphatic carbocycles. The number of hydrogen-bond donors (Lipinski definition) is 1. The van der Waals surface area contributed by atoms with Crippen molar-refractivity contribution in [2.45, 2.75) is 6.42 Å². The van der Waals surface area contributed by atoms with Crippen LogP contribution in [-0.2, 0) is 6.42 Å². The first-order valence-electron chi connectivity index (χ1n) is 7.44. The van der Waals surface area contributed by atoms with Gasteiger partial charge in [0.1, 0.15) is 0 Å². The van der Waals surface area contributed by atoms with Crippen LogP contribution in [-0.4, -0.2) is 32.2 Å². The van der Waals surface area contributed by atoms with Crippen molar-refractivity contribution in [1.29, 1.82) is 0 Å². The number of hydrogen-bond acceptors (Lipinski definition) is 5. The number of rotatable bonds is 4. The van der Waals surface area contributed by atoms with Gasteiger partial charge in [-0.3, -0.25) is 4.79 Å². The predicted octanol–water partition coefficient (Wildman–Crippen LogP) is 3.24. The summed E-state index contributed by atoms with van der Waals surface area (Å²) in [4.78, 5) is 12.6. The van der Waals surface area contributed by atoms with E-state index in [0.717, 1.165) is 11.1 Å². The van der Waals surface area contributed by atoms with E-state index in [-0.39, 0.29) is 11.5 Å². The Morgan fingerprint density at radius 3 is 2.29 bits per heavy atom. The van der Waals surface area contributed by atoms with Crippen LogP contribution >= 0.6 is 0 Å². The molecule has 0 amide bonds. The predicted molar refractivity (Wildman–Crippen MR) is 90.2 cm³/mol. The molecule has 0 fully saturated rings. The minimum atomic E-state index is -0.0296. The monoisotopic (exact) mass is 326 g/mol. The molecule has 1 aliphatic rings. The van der Waals surface area contributed by atoms with Gasteiger partial charge in [0.25, 0.3) is 0 Å². The van der Waals surface area contributed by atoms with Gasteiger partial charge in [0, 0.05) is 17.6 Å². The summed E-state index contributed by atoms with van der Waals surface area (Å²) < 4.78 is 15.7. The first-order valence-corrected chi connectivity index (χ1v) is 7.44. The number of carbonyl (C=O) groups excluding carboxylic acids is 1. The van der Waals surface area contributed by atoms with Crippen molar-refractivity contribution in [1.82, 2.24) is 0 Å². The van der Waals surface area contributed by atoms with E-state index in [4.69, 9.17) is 14.2 Å². The number of Topliss-reactive ketones (excluding diaryl/α,β-unsaturated/α-hetero) is 1. The number of aromatic hydroxyl groups is 1. The normalized spacial score (nSPS) is 14.6. The maximum Gasteiger partial charge on any atom is 0.189 e. The third-order valence-electron chi connectivity index (χ3n) is 4.07. The molecule has 1 N–H and O–H groups in total. The molecule has 24 heavy (non-hydrogen) atoms. The van der Waals surface area contributed by atoms with Gasteiger partial charge in [-0.1, -0.05) is 6.07 Å². The molecule has 5 nitrogen and oxygen atoms in total. The van der Waals surface area contributed by atoms with Crippen LogP contribution in [0.25, 0.3) is 6.08 Å². The molecule has 124 valence electrons. The van der Waals surface area contributed by atoms with Crippen molar-refractivity contribution in [2.75, 3.05) is 21.3 Å². The summed E-state index contributed by atoms with van der Waals surface area (Å²) >= 11 is 0. The summed E-state index contributed by atoms with van der Waals surface area (Å²) in [6, 6.07) is 8.53. The maximum absolute atomic E-state index is 12.6. The summed E-state index contributed by atoms with van der Waals surface area (Å²) in [6.45, 7) is 0. The molecule has 0 saturated heterocycles. The van der Waals surface area contributed by atoms with Crippen LogP contribution in [0, 0.1) is 0 Å². The van der Waals surface area contributed by atoms with E-state index in [1.54, 1.807) is 38.5 Å². The Morgan fingerprint density at radius 1 is 0.958 bits per heavy atom. The Kier molecular flexibility index (Phi) is 4.16. The lowest BCUT2D eigenvalue weighted by atomic mass is 10.1. The van der Waals surface area contributed by atoms with Crippen LogP contribution in [0.2, 0.25) is 0 Å². The van der Waals surface area contributed by atoms with Gasteiger partial charge >= 0.3 is 0 Å². The van der Waals surface area contributed by atoms with E-state index in [0.29, 0.717) is 34.8 Å². The Balaban J connectivity index is 1.98. The fourth-order valence-electron chi connectivity index (χ4n) is 2.84. The van der Waals surface area contributed by atoms with Crippen molar-refractivity contribution in [3.63, 3.8) is 0 Å². The molecule has 0 bridgehead atoms. The molecule has 0 spiro atoms. The fraction of sp³-hybridized carbons (Fsp3) is 0.211. The molecule has 2 aromatic carbocycles. The number of benzene rings is 2. The Hall–Kier alpha value is -2.95. The van der Waals surface area contributed by atoms with Crippen molar-refractivity contribution < 1.29 is 24.1 Å². The van der Waals surface area contributed by atoms with Crippen LogP contribution in [0.15, 0.2) is 35.9 Å². The zero-order valence-corrected chi connectivity index (χ0v) is 13.8. The highest BCUT2D eigenvalue weighted by atomic mass is 16.5. The highest BCUT2D eigenvalue weighted by molar-refractivity contribution is 6.16. The third kappa shape index (κ3) is 2.69. The van der Waals surface area contributed by atoms with Crippen molar-refractivity contribution in [2.24, 2.45) is 0 Å². The molecule has 0 saturated carbocycles. The van der Waals surface area contributed by atoms with E-state index in [2.05, 4.69) is 0 Å². The first kappa shape index (κ1) is 15.9. The van der Waals surface area contributed by atoms with Gasteiger partial charge in [-0.2, -0.15) is 0 Å². The first-order chi connectivity index (χ1) is 11.6. The SMILES string of the molecule is COc1cc(C=C2Cc3cc(OC)c(OC)cc3C2=O)ccc1O. The minimum absolute atomic E-state index is 0.0296. The maximum atomic E-state index is 12.6. The summed E-state index contributed by atoms with van der Waals surface area (Å²) in [5.41, 5.74) is 3.01. The molecule has 5 heteroatoms. The van der Waals surface area contributed by atoms with E-state index < -0.39 is 0 Å². The number of fused-ring (bicyclic) bond motifs is 1. The van der Waals surface area contributed by atoms with Gasteiger partial charge in [-0.05, 0) is 41.5 Å². The van der Waals surface area contributed by atoms with Crippen LogP contribution in [0.3, 0.4) is 0 Å². The number of carbonyl (C=O) groups is 1. The van der Waals surface area contributed by atoms with E-state index in [9.17, 15) is 9.90 Å². The van der Waals surface area contributed by atoms with Crippen molar-refractivity contribution >= 4 is 11.9 Å². The molecule has 0 heterocycles. The van der Waals surface area contributed by atoms with Gasteiger partial charge in [0.2, 0.25) is 0 Å². The zero-order chi connectivity index (χ0) is 17.3. The van der Waals surface area contributed by atoms with Gasteiger partial charge in [-0.15, -0.1) is 0 Å². The van der Waals surface area contributed by atoms with E-state index >= 15 is 0 Å². The van der Waals surface area contributed by atoms with Crippen LogP contribution in [0.5, 0.6) is 23.0 Å². The Bertz CT molecular complexity index is 836. The molecular weight excluding hydrogens is 308 g/mol. The van der Waals surface area contributed by atoms with Crippen molar-refractivity contribution in [3.8, 4) is 23.0 Å². The second-order valence-corrected chi connectivity index (χ2v) is 5.47. The second kappa shape index (κ2) is 6.28. The van der Waals surface area contributed by atoms with E-state index in [1.165, 1.54) is 7.11 Å². The van der Waals surface area contributed by atoms with Crippen LogP contribution < -0.4 is 14.2 Å². The summed E-state index contributed by atoms with van der Waals surface area (Å²) in [5.74, 6) is 1.55. The molecule has 3 rings (SSSR count). The lowest BCUT2D eigenvalue weighted by Crippen LogP contribution is -1.97. The topological polar surface area (TPSA) is 65.0 Å². The lowest BCUT2D eigenvalue weighted by Gasteiger charge is -2.08. The summed E-state index contributed by atoms with van der Waals surface area (Å²) in [7, 11) is 4.60. The molecule has 0 radical (unpaired) electrons. The molecule has 0 aromatic heterocycles. The highest BCUT2D eigenvalue weighted by Crippen LogP contribution is 2.37. The van der Waals surface area contributed by atoms with Gasteiger partial charge < -0.3 is 19.3 Å². The Labute approximate surface area is 140 Å². The summed E-state index contributed by atoms with van der Waals surface area (Å²) in [6.07, 6.45) is 2.33. The number of methoxy groups -OCH3 is 3. The standard InChI is InChI=1S/C19H18O5/c1-22-16-7-11(4-5-15(16)20)6-13-8-12-9-17(23-2)18(24-3)10-14(12)19(13)21/h4-7,9-10,20H,8H2,1-3H3. The number of ketones is 1. The number of phenols is 1. The minimum Gasteiger partial charge on any atom is -0.504 e. The molecule has 2 aromatic rings. The summed E-state index contributed by atoms with van der Waals surface area (Å²) in [5, 5.41) is 9.66. The molecule has 0 unspecified atom stereocenters. The largest absolute Gasteiger partial charge is 0.504 e.